The maximum absolute atomic E-state index is 12.0. The summed E-state index contributed by atoms with van der Waals surface area (Å²) < 4.78 is 10.7. The van der Waals surface area contributed by atoms with Crippen LogP contribution in [0.1, 0.15) is 26.7 Å². The van der Waals surface area contributed by atoms with Gasteiger partial charge in [0.2, 0.25) is 0 Å². The zero-order valence-electron chi connectivity index (χ0n) is 11.2. The summed E-state index contributed by atoms with van der Waals surface area (Å²) in [6.07, 6.45) is 0.908. The van der Waals surface area contributed by atoms with Crippen molar-refractivity contribution in [2.45, 2.75) is 44.1 Å². The molecular weight excluding hydrogens is 268 g/mol. The summed E-state index contributed by atoms with van der Waals surface area (Å²) >= 11 is 1.71. The van der Waals surface area contributed by atoms with Crippen molar-refractivity contribution < 1.29 is 24.2 Å². The van der Waals surface area contributed by atoms with Gasteiger partial charge >= 0.3 is 11.9 Å². The molecule has 2 heterocycles. The molecule has 0 amide bonds. The van der Waals surface area contributed by atoms with E-state index in [-0.39, 0.29) is 12.2 Å². The molecule has 2 aliphatic heterocycles. The summed E-state index contributed by atoms with van der Waals surface area (Å²) in [4.78, 5) is 23.3. The molecule has 0 aliphatic carbocycles. The fraction of sp³-hybridized carbons (Fsp3) is 0.846. The SMILES string of the molecule is CC(C)SCCOC(=O)[C@H]1[C@@H](C(=O)O)[C@@H]2CC[C@@H]1O2. The predicted molar refractivity (Wildman–Crippen MR) is 71.1 cm³/mol. The van der Waals surface area contributed by atoms with Gasteiger partial charge in [-0.05, 0) is 18.1 Å². The van der Waals surface area contributed by atoms with Crippen molar-refractivity contribution in [1.29, 1.82) is 0 Å². The monoisotopic (exact) mass is 288 g/mol. The van der Waals surface area contributed by atoms with Crippen molar-refractivity contribution in [1.82, 2.24) is 0 Å². The molecular formula is C13H20O5S. The number of carboxylic acid groups (broad SMARTS) is 1. The Kier molecular flexibility index (Phi) is 4.73. The Bertz CT molecular complexity index is 357. The van der Waals surface area contributed by atoms with Crippen LogP contribution in [0, 0.1) is 11.8 Å². The van der Waals surface area contributed by atoms with E-state index in [4.69, 9.17) is 9.47 Å². The molecule has 2 rings (SSSR count). The lowest BCUT2D eigenvalue weighted by molar-refractivity contribution is -0.157. The van der Waals surface area contributed by atoms with Gasteiger partial charge in [0.25, 0.3) is 0 Å². The zero-order chi connectivity index (χ0) is 14.0. The third-order valence-corrected chi connectivity index (χ3v) is 4.68. The summed E-state index contributed by atoms with van der Waals surface area (Å²) in [5, 5.41) is 9.70. The Balaban J connectivity index is 1.86. The van der Waals surface area contributed by atoms with Crippen LogP contribution in [0.2, 0.25) is 0 Å². The number of carbonyl (C=O) groups excluding carboxylic acids is 1. The summed E-state index contributed by atoms with van der Waals surface area (Å²) in [5.41, 5.74) is 0. The van der Waals surface area contributed by atoms with Gasteiger partial charge in [-0.15, -0.1) is 0 Å². The van der Waals surface area contributed by atoms with Gasteiger partial charge in [-0.1, -0.05) is 13.8 Å². The van der Waals surface area contributed by atoms with E-state index in [1.165, 1.54) is 0 Å². The number of ether oxygens (including phenoxy) is 2. The topological polar surface area (TPSA) is 72.8 Å². The zero-order valence-corrected chi connectivity index (χ0v) is 12.0. The van der Waals surface area contributed by atoms with Crippen molar-refractivity contribution in [3.05, 3.63) is 0 Å². The summed E-state index contributed by atoms with van der Waals surface area (Å²) in [6, 6.07) is 0. The van der Waals surface area contributed by atoms with Crippen LogP contribution in [0.4, 0.5) is 0 Å². The van der Waals surface area contributed by atoms with Crippen LogP contribution >= 0.6 is 11.8 Å². The van der Waals surface area contributed by atoms with Crippen LogP contribution < -0.4 is 0 Å². The average Bonchev–Trinajstić information content (AvgIpc) is 2.93. The largest absolute Gasteiger partial charge is 0.481 e. The first kappa shape index (κ1) is 14.7. The number of rotatable bonds is 6. The highest BCUT2D eigenvalue weighted by Crippen LogP contribution is 2.44. The van der Waals surface area contributed by atoms with Crippen molar-refractivity contribution in [2.24, 2.45) is 11.8 Å². The Morgan fingerprint density at radius 1 is 1.32 bits per heavy atom. The standard InChI is InChI=1S/C13H20O5S/c1-7(2)19-6-5-17-13(16)11-9-4-3-8(18-9)10(11)12(14)15/h7-11H,3-6H2,1-2H3,(H,14,15)/t8-,9-,10-,11+/m0/s1. The summed E-state index contributed by atoms with van der Waals surface area (Å²) in [7, 11) is 0. The van der Waals surface area contributed by atoms with Gasteiger partial charge in [-0.2, -0.15) is 11.8 Å². The highest BCUT2D eigenvalue weighted by atomic mass is 32.2. The second-order valence-corrected chi connectivity index (χ2v) is 6.95. The molecule has 0 spiro atoms. The average molecular weight is 288 g/mol. The minimum absolute atomic E-state index is 0.267. The lowest BCUT2D eigenvalue weighted by atomic mass is 9.79. The fourth-order valence-electron chi connectivity index (χ4n) is 2.81. The van der Waals surface area contributed by atoms with Crippen LogP contribution in [0.15, 0.2) is 0 Å². The van der Waals surface area contributed by atoms with Crippen LogP contribution in [0.3, 0.4) is 0 Å². The summed E-state index contributed by atoms with van der Waals surface area (Å²) in [5.74, 6) is -1.98. The number of esters is 1. The molecule has 0 aromatic heterocycles. The van der Waals surface area contributed by atoms with Crippen molar-refractivity contribution in [3.8, 4) is 0 Å². The van der Waals surface area contributed by atoms with Gasteiger partial charge < -0.3 is 14.6 Å². The van der Waals surface area contributed by atoms with E-state index >= 15 is 0 Å². The van der Waals surface area contributed by atoms with Gasteiger partial charge in [0.15, 0.2) is 0 Å². The molecule has 2 bridgehead atoms. The number of hydrogen-bond donors (Lipinski definition) is 1. The van der Waals surface area contributed by atoms with Gasteiger partial charge in [0.1, 0.15) is 6.61 Å². The van der Waals surface area contributed by atoms with Crippen LogP contribution in [-0.4, -0.2) is 46.9 Å². The van der Waals surface area contributed by atoms with Crippen LogP contribution in [0.5, 0.6) is 0 Å². The van der Waals surface area contributed by atoms with Crippen LogP contribution in [0.25, 0.3) is 0 Å². The highest BCUT2D eigenvalue weighted by molar-refractivity contribution is 7.99. The molecule has 6 heteroatoms. The molecule has 0 radical (unpaired) electrons. The molecule has 0 unspecified atom stereocenters. The number of carboxylic acids is 1. The van der Waals surface area contributed by atoms with Crippen LogP contribution in [-0.2, 0) is 19.1 Å². The first-order valence-corrected chi connectivity index (χ1v) is 7.72. The number of fused-ring (bicyclic) bond motifs is 2. The smallest absolute Gasteiger partial charge is 0.312 e. The van der Waals surface area contributed by atoms with E-state index in [0.717, 1.165) is 18.6 Å². The van der Waals surface area contributed by atoms with Crippen molar-refractivity contribution in [2.75, 3.05) is 12.4 Å². The molecule has 2 saturated heterocycles. The first-order chi connectivity index (χ1) is 9.00. The van der Waals surface area contributed by atoms with Crippen molar-refractivity contribution in [3.63, 3.8) is 0 Å². The minimum atomic E-state index is -0.953. The second kappa shape index (κ2) is 6.13. The Morgan fingerprint density at radius 2 is 1.95 bits per heavy atom. The number of hydrogen-bond acceptors (Lipinski definition) is 5. The molecule has 5 nitrogen and oxygen atoms in total. The minimum Gasteiger partial charge on any atom is -0.481 e. The van der Waals surface area contributed by atoms with E-state index in [0.29, 0.717) is 11.9 Å². The van der Waals surface area contributed by atoms with E-state index in [1.807, 2.05) is 0 Å². The quantitative estimate of drug-likeness (QED) is 0.590. The Hall–Kier alpha value is -0.750. The maximum Gasteiger partial charge on any atom is 0.312 e. The second-order valence-electron chi connectivity index (χ2n) is 5.27. The molecule has 19 heavy (non-hydrogen) atoms. The molecule has 4 atom stereocenters. The third kappa shape index (κ3) is 3.23. The van der Waals surface area contributed by atoms with Gasteiger partial charge in [-0.3, -0.25) is 9.59 Å². The molecule has 0 saturated carbocycles. The lowest BCUT2D eigenvalue weighted by Gasteiger charge is -2.23. The van der Waals surface area contributed by atoms with Gasteiger partial charge in [-0.25, -0.2) is 0 Å². The predicted octanol–water partition coefficient (Wildman–Crippen LogP) is 1.55. The molecule has 0 aromatic rings. The van der Waals surface area contributed by atoms with E-state index in [2.05, 4.69) is 13.8 Å². The third-order valence-electron chi connectivity index (χ3n) is 3.61. The number of aliphatic carboxylic acids is 1. The summed E-state index contributed by atoms with van der Waals surface area (Å²) in [6.45, 7) is 4.50. The molecule has 0 aromatic carbocycles. The molecule has 1 N–H and O–H groups in total. The number of thioether (sulfide) groups is 1. The fourth-order valence-corrected chi connectivity index (χ4v) is 3.46. The Morgan fingerprint density at radius 3 is 2.53 bits per heavy atom. The molecule has 2 aliphatic rings. The highest BCUT2D eigenvalue weighted by Gasteiger charge is 2.56. The lowest BCUT2D eigenvalue weighted by Crippen LogP contribution is -2.39. The number of carbonyl (C=O) groups is 2. The normalized spacial score (nSPS) is 32.8. The molecule has 108 valence electrons. The molecule has 2 fully saturated rings. The van der Waals surface area contributed by atoms with Gasteiger partial charge in [0, 0.05) is 5.75 Å². The first-order valence-electron chi connectivity index (χ1n) is 6.67. The van der Waals surface area contributed by atoms with Gasteiger partial charge in [0.05, 0.1) is 24.0 Å². The maximum atomic E-state index is 12.0. The van der Waals surface area contributed by atoms with E-state index in [9.17, 15) is 14.7 Å². The van der Waals surface area contributed by atoms with E-state index in [1.54, 1.807) is 11.8 Å². The van der Waals surface area contributed by atoms with Crippen molar-refractivity contribution >= 4 is 23.7 Å². The van der Waals surface area contributed by atoms with E-state index < -0.39 is 23.8 Å². The Labute approximate surface area is 117 Å².